The molecular formula is C29H22Cl2FNO5S. The summed E-state index contributed by atoms with van der Waals surface area (Å²) in [6, 6.07) is 21.9. The van der Waals surface area contributed by atoms with Gasteiger partial charge in [-0.1, -0.05) is 83.9 Å². The summed E-state index contributed by atoms with van der Waals surface area (Å²) in [4.78, 5) is 40.8. The van der Waals surface area contributed by atoms with Gasteiger partial charge in [-0.05, 0) is 34.9 Å². The predicted molar refractivity (Wildman–Crippen MR) is 150 cm³/mol. The van der Waals surface area contributed by atoms with Gasteiger partial charge in [0.1, 0.15) is 12.2 Å². The minimum Gasteiger partial charge on any atom is -0.465 e. The van der Waals surface area contributed by atoms with E-state index in [4.69, 9.17) is 32.7 Å². The lowest BCUT2D eigenvalue weighted by atomic mass is 10.1. The van der Waals surface area contributed by atoms with Gasteiger partial charge in [0.05, 0.1) is 17.7 Å². The Morgan fingerprint density at radius 1 is 0.949 bits per heavy atom. The molecule has 0 bridgehead atoms. The average molecular weight is 586 g/mol. The number of methoxy groups -OCH3 is 1. The number of carbonyl (C=O) groups is 3. The van der Waals surface area contributed by atoms with Crippen LogP contribution in [-0.2, 0) is 27.3 Å². The van der Waals surface area contributed by atoms with Crippen molar-refractivity contribution in [3.05, 3.63) is 111 Å². The molecule has 0 saturated carbocycles. The zero-order valence-corrected chi connectivity index (χ0v) is 22.9. The van der Waals surface area contributed by atoms with Crippen molar-refractivity contribution < 1.29 is 28.2 Å². The summed E-state index contributed by atoms with van der Waals surface area (Å²) in [6.07, 6.45) is -3.70. The average Bonchev–Trinajstić information content (AvgIpc) is 3.38. The predicted octanol–water partition coefficient (Wildman–Crippen LogP) is 7.76. The van der Waals surface area contributed by atoms with Crippen LogP contribution in [0.15, 0.2) is 84.2 Å². The molecule has 1 atom stereocenters. The first-order valence-electron chi connectivity index (χ1n) is 11.7. The molecule has 6 nitrogen and oxygen atoms in total. The number of rotatable bonds is 8. The van der Waals surface area contributed by atoms with E-state index >= 15 is 4.39 Å². The number of ether oxygens (including phenoxy) is 2. The van der Waals surface area contributed by atoms with Gasteiger partial charge < -0.3 is 9.47 Å². The second kappa shape index (κ2) is 12.9. The Bertz CT molecular complexity index is 1480. The van der Waals surface area contributed by atoms with E-state index < -0.39 is 24.1 Å². The quantitative estimate of drug-likeness (QED) is 0.197. The highest BCUT2D eigenvalue weighted by Gasteiger charge is 2.37. The van der Waals surface area contributed by atoms with Crippen molar-refractivity contribution in [1.82, 2.24) is 0 Å². The zero-order valence-electron chi connectivity index (χ0n) is 20.6. The third-order valence-electron chi connectivity index (χ3n) is 5.74. The van der Waals surface area contributed by atoms with Gasteiger partial charge in [0.2, 0.25) is 0 Å². The molecule has 4 aromatic rings. The van der Waals surface area contributed by atoms with Crippen LogP contribution >= 0.6 is 34.5 Å². The van der Waals surface area contributed by atoms with Crippen molar-refractivity contribution in [3.8, 4) is 10.4 Å². The molecule has 1 aromatic heterocycles. The molecule has 0 aliphatic rings. The SMILES string of the molecule is COC(=O)c1c(N(C(=O)OCc2ccccc2)C(=O)C(F)Cc2ccccc2Cl)csc1-c1ccc(Cl)cc1. The zero-order chi connectivity index (χ0) is 27.9. The summed E-state index contributed by atoms with van der Waals surface area (Å²) < 4.78 is 25.9. The summed E-state index contributed by atoms with van der Waals surface area (Å²) in [7, 11) is 1.17. The second-order valence-electron chi connectivity index (χ2n) is 8.30. The molecular weight excluding hydrogens is 564 g/mol. The van der Waals surface area contributed by atoms with Gasteiger partial charge in [-0.25, -0.2) is 18.9 Å². The Hall–Kier alpha value is -3.72. The summed E-state index contributed by atoms with van der Waals surface area (Å²) in [5.41, 5.74) is 1.40. The Morgan fingerprint density at radius 3 is 2.28 bits per heavy atom. The molecule has 200 valence electrons. The number of imide groups is 1. The molecule has 0 aliphatic carbocycles. The van der Waals surface area contributed by atoms with Crippen LogP contribution < -0.4 is 4.90 Å². The van der Waals surface area contributed by atoms with E-state index in [0.717, 1.165) is 11.3 Å². The van der Waals surface area contributed by atoms with E-state index in [9.17, 15) is 14.4 Å². The van der Waals surface area contributed by atoms with Gasteiger partial charge in [0.25, 0.3) is 5.91 Å². The first-order chi connectivity index (χ1) is 18.8. The number of anilines is 1. The van der Waals surface area contributed by atoms with E-state index in [2.05, 4.69) is 0 Å². The second-order valence-corrected chi connectivity index (χ2v) is 10.0. The molecule has 10 heteroatoms. The lowest BCUT2D eigenvalue weighted by Gasteiger charge is -2.23. The summed E-state index contributed by atoms with van der Waals surface area (Å²) in [5, 5.41) is 2.18. The topological polar surface area (TPSA) is 72.9 Å². The number of amides is 2. The summed E-state index contributed by atoms with van der Waals surface area (Å²) in [6.45, 7) is -0.174. The molecule has 1 heterocycles. The van der Waals surface area contributed by atoms with Crippen LogP contribution in [-0.4, -0.2) is 31.3 Å². The molecule has 2 amide bonds. The van der Waals surface area contributed by atoms with Gasteiger partial charge in [-0.15, -0.1) is 11.3 Å². The number of hydrogen-bond acceptors (Lipinski definition) is 6. The summed E-state index contributed by atoms with van der Waals surface area (Å²) in [5.74, 6) is -2.02. The minimum absolute atomic E-state index is 0.0835. The Labute approximate surface area is 238 Å². The number of benzene rings is 3. The fraction of sp³-hybridized carbons (Fsp3) is 0.138. The molecule has 0 saturated heterocycles. The maximum Gasteiger partial charge on any atom is 0.421 e. The van der Waals surface area contributed by atoms with Crippen molar-refractivity contribution in [2.75, 3.05) is 12.0 Å². The largest absolute Gasteiger partial charge is 0.465 e. The van der Waals surface area contributed by atoms with Crippen molar-refractivity contribution in [1.29, 1.82) is 0 Å². The van der Waals surface area contributed by atoms with Gasteiger partial charge in [0, 0.05) is 21.8 Å². The number of carbonyl (C=O) groups excluding carboxylic acids is 3. The fourth-order valence-electron chi connectivity index (χ4n) is 3.80. The monoisotopic (exact) mass is 585 g/mol. The van der Waals surface area contributed by atoms with Crippen LogP contribution in [0.1, 0.15) is 21.5 Å². The van der Waals surface area contributed by atoms with Gasteiger partial charge in [0.15, 0.2) is 6.17 Å². The Balaban J connectivity index is 1.75. The highest BCUT2D eigenvalue weighted by atomic mass is 35.5. The Kier molecular flexibility index (Phi) is 9.35. The minimum atomic E-state index is -2.17. The number of esters is 1. The first-order valence-corrected chi connectivity index (χ1v) is 13.3. The smallest absolute Gasteiger partial charge is 0.421 e. The maximum atomic E-state index is 15.5. The van der Waals surface area contributed by atoms with Gasteiger partial charge in [-0.2, -0.15) is 0 Å². The van der Waals surface area contributed by atoms with Crippen LogP contribution in [0.4, 0.5) is 14.9 Å². The standard InChI is InChI=1S/C29H22Cl2FNO5S/c1-37-28(35)25-24(17-39-26(25)19-11-13-21(30)14-12-19)33(29(36)38-16-18-7-3-2-4-8-18)27(34)23(32)15-20-9-5-6-10-22(20)31/h2-14,17,23H,15-16H2,1H3. The Morgan fingerprint density at radius 2 is 1.62 bits per heavy atom. The van der Waals surface area contributed by atoms with Crippen LogP contribution in [0, 0.1) is 0 Å². The lowest BCUT2D eigenvalue weighted by molar-refractivity contribution is -0.122. The number of hydrogen-bond donors (Lipinski definition) is 0. The van der Waals surface area contributed by atoms with Crippen LogP contribution in [0.3, 0.4) is 0 Å². The third kappa shape index (κ3) is 6.65. The van der Waals surface area contributed by atoms with Crippen LogP contribution in [0.2, 0.25) is 10.0 Å². The van der Waals surface area contributed by atoms with Crippen molar-refractivity contribution in [2.24, 2.45) is 0 Å². The molecule has 0 fully saturated rings. The molecule has 0 spiro atoms. The molecule has 3 aromatic carbocycles. The first kappa shape index (κ1) is 28.3. The van der Waals surface area contributed by atoms with Crippen molar-refractivity contribution >= 4 is 58.2 Å². The lowest BCUT2D eigenvalue weighted by Crippen LogP contribution is -2.43. The highest BCUT2D eigenvalue weighted by Crippen LogP contribution is 2.39. The molecule has 4 rings (SSSR count). The normalized spacial score (nSPS) is 11.5. The number of halogens is 3. The number of alkyl halides is 1. The van der Waals surface area contributed by atoms with E-state index in [1.807, 2.05) is 0 Å². The van der Waals surface area contributed by atoms with E-state index in [0.29, 0.717) is 31.5 Å². The van der Waals surface area contributed by atoms with Crippen LogP contribution in [0.5, 0.6) is 0 Å². The van der Waals surface area contributed by atoms with Crippen molar-refractivity contribution in [2.45, 2.75) is 19.2 Å². The molecule has 0 radical (unpaired) electrons. The van der Waals surface area contributed by atoms with E-state index in [1.54, 1.807) is 78.9 Å². The third-order valence-corrected chi connectivity index (χ3v) is 7.38. The van der Waals surface area contributed by atoms with Crippen molar-refractivity contribution in [3.63, 3.8) is 0 Å². The molecule has 39 heavy (non-hydrogen) atoms. The number of nitrogens with zero attached hydrogens (tertiary/aromatic N) is 1. The van der Waals surface area contributed by atoms with E-state index in [-0.39, 0.29) is 29.3 Å². The molecule has 0 N–H and O–H groups in total. The maximum absolute atomic E-state index is 15.5. The fourth-order valence-corrected chi connectivity index (χ4v) is 5.17. The van der Waals surface area contributed by atoms with Gasteiger partial charge >= 0.3 is 12.1 Å². The van der Waals surface area contributed by atoms with E-state index in [1.165, 1.54) is 12.5 Å². The molecule has 1 unspecified atom stereocenters. The highest BCUT2D eigenvalue weighted by molar-refractivity contribution is 7.14. The number of thiophene rings is 1. The molecule has 0 aliphatic heterocycles. The summed E-state index contributed by atoms with van der Waals surface area (Å²) >= 11 is 13.3. The van der Waals surface area contributed by atoms with Gasteiger partial charge in [-0.3, -0.25) is 4.79 Å². The van der Waals surface area contributed by atoms with Crippen LogP contribution in [0.25, 0.3) is 10.4 Å².